The van der Waals surface area contributed by atoms with Crippen LogP contribution in [0.2, 0.25) is 0 Å². The van der Waals surface area contributed by atoms with E-state index in [1.165, 1.54) is 0 Å². The fourth-order valence-electron chi connectivity index (χ4n) is 2.14. The number of amides is 1. The van der Waals surface area contributed by atoms with Crippen molar-refractivity contribution in [3.05, 3.63) is 23.7 Å². The van der Waals surface area contributed by atoms with Gasteiger partial charge in [-0.25, -0.2) is 0 Å². The van der Waals surface area contributed by atoms with Crippen molar-refractivity contribution in [2.24, 2.45) is 5.73 Å². The summed E-state index contributed by atoms with van der Waals surface area (Å²) in [5.41, 5.74) is 5.52. The van der Waals surface area contributed by atoms with Gasteiger partial charge in [0, 0.05) is 6.54 Å². The molecule has 0 bridgehead atoms. The molecule has 5 heteroatoms. The molecule has 1 aliphatic rings. The molecule has 1 aliphatic heterocycles. The number of nitrogens with two attached hydrogens (primary N) is 1. The highest BCUT2D eigenvalue weighted by Gasteiger charge is 2.30. The normalized spacial score (nSPS) is 25.1. The highest BCUT2D eigenvalue weighted by molar-refractivity contribution is 5.81. The molecule has 0 radical (unpaired) electrons. The first-order valence-electron chi connectivity index (χ1n) is 6.32. The van der Waals surface area contributed by atoms with Gasteiger partial charge in [0.15, 0.2) is 0 Å². The molecule has 3 atom stereocenters. The van der Waals surface area contributed by atoms with E-state index in [0.717, 1.165) is 24.4 Å². The molecule has 1 aromatic rings. The summed E-state index contributed by atoms with van der Waals surface area (Å²) in [6, 6.07) is 3.61. The molecule has 0 aliphatic carbocycles. The van der Waals surface area contributed by atoms with Crippen LogP contribution in [0.3, 0.4) is 0 Å². The SMILES string of the molecule is Cc1ccc(C(C)NC(=O)C2CCC(CN)O2)o1. The highest BCUT2D eigenvalue weighted by atomic mass is 16.5. The predicted molar refractivity (Wildman–Crippen MR) is 67.0 cm³/mol. The van der Waals surface area contributed by atoms with E-state index in [1.54, 1.807) is 0 Å². The number of ether oxygens (including phenoxy) is 1. The maximum atomic E-state index is 12.0. The van der Waals surface area contributed by atoms with E-state index in [-0.39, 0.29) is 24.2 Å². The van der Waals surface area contributed by atoms with Crippen LogP contribution in [0.4, 0.5) is 0 Å². The first kappa shape index (κ1) is 13.1. The Bertz CT molecular complexity index is 416. The molecule has 2 rings (SSSR count). The van der Waals surface area contributed by atoms with Crippen molar-refractivity contribution < 1.29 is 13.9 Å². The molecule has 18 heavy (non-hydrogen) atoms. The van der Waals surface area contributed by atoms with Crippen molar-refractivity contribution in [1.82, 2.24) is 5.32 Å². The van der Waals surface area contributed by atoms with Crippen molar-refractivity contribution in [1.29, 1.82) is 0 Å². The fourth-order valence-corrected chi connectivity index (χ4v) is 2.14. The Morgan fingerprint density at radius 3 is 2.89 bits per heavy atom. The lowest BCUT2D eigenvalue weighted by Crippen LogP contribution is -2.36. The highest BCUT2D eigenvalue weighted by Crippen LogP contribution is 2.21. The van der Waals surface area contributed by atoms with Gasteiger partial charge in [-0.3, -0.25) is 4.79 Å². The molecule has 2 heterocycles. The lowest BCUT2D eigenvalue weighted by atomic mass is 10.1. The van der Waals surface area contributed by atoms with Crippen molar-refractivity contribution in [2.75, 3.05) is 6.54 Å². The minimum atomic E-state index is -0.378. The van der Waals surface area contributed by atoms with Crippen LogP contribution >= 0.6 is 0 Å². The topological polar surface area (TPSA) is 77.5 Å². The average Bonchev–Trinajstić information content (AvgIpc) is 2.97. The van der Waals surface area contributed by atoms with E-state index in [9.17, 15) is 4.79 Å². The van der Waals surface area contributed by atoms with Crippen LogP contribution in [0.1, 0.15) is 37.3 Å². The quantitative estimate of drug-likeness (QED) is 0.846. The number of furan rings is 1. The van der Waals surface area contributed by atoms with E-state index in [0.29, 0.717) is 6.54 Å². The van der Waals surface area contributed by atoms with E-state index >= 15 is 0 Å². The third-order valence-corrected chi connectivity index (χ3v) is 3.21. The molecule has 0 aromatic carbocycles. The zero-order valence-electron chi connectivity index (χ0n) is 10.8. The van der Waals surface area contributed by atoms with Crippen LogP contribution in [0.25, 0.3) is 0 Å². The zero-order chi connectivity index (χ0) is 13.1. The van der Waals surface area contributed by atoms with E-state index in [2.05, 4.69) is 5.32 Å². The Hall–Kier alpha value is -1.33. The first-order valence-corrected chi connectivity index (χ1v) is 6.32. The molecule has 100 valence electrons. The van der Waals surface area contributed by atoms with E-state index in [4.69, 9.17) is 14.9 Å². The van der Waals surface area contributed by atoms with Gasteiger partial charge < -0.3 is 20.2 Å². The maximum absolute atomic E-state index is 12.0. The minimum Gasteiger partial charge on any atom is -0.464 e. The number of carbonyl (C=O) groups excluding carboxylic acids is 1. The molecule has 1 amide bonds. The number of carbonyl (C=O) groups is 1. The van der Waals surface area contributed by atoms with Crippen LogP contribution in [0, 0.1) is 6.92 Å². The monoisotopic (exact) mass is 252 g/mol. The van der Waals surface area contributed by atoms with Gasteiger partial charge in [0.2, 0.25) is 5.91 Å². The van der Waals surface area contributed by atoms with Crippen molar-refractivity contribution >= 4 is 5.91 Å². The zero-order valence-corrected chi connectivity index (χ0v) is 10.8. The van der Waals surface area contributed by atoms with Gasteiger partial charge in [-0.1, -0.05) is 0 Å². The number of hydrogen-bond donors (Lipinski definition) is 2. The van der Waals surface area contributed by atoms with Gasteiger partial charge in [0.05, 0.1) is 12.1 Å². The van der Waals surface area contributed by atoms with Crippen LogP contribution in [0.5, 0.6) is 0 Å². The van der Waals surface area contributed by atoms with Gasteiger partial charge in [0.25, 0.3) is 0 Å². The number of nitrogens with one attached hydrogen (secondary N) is 1. The number of aryl methyl sites for hydroxylation is 1. The summed E-state index contributed by atoms with van der Waals surface area (Å²) in [6.45, 7) is 4.24. The molecular formula is C13H20N2O3. The second kappa shape index (κ2) is 5.54. The summed E-state index contributed by atoms with van der Waals surface area (Å²) >= 11 is 0. The molecule has 1 aromatic heterocycles. The molecule has 3 N–H and O–H groups in total. The van der Waals surface area contributed by atoms with Gasteiger partial charge >= 0.3 is 0 Å². The summed E-state index contributed by atoms with van der Waals surface area (Å²) in [5.74, 6) is 1.51. The van der Waals surface area contributed by atoms with Crippen molar-refractivity contribution in [3.63, 3.8) is 0 Å². The number of rotatable bonds is 4. The van der Waals surface area contributed by atoms with Crippen LogP contribution < -0.4 is 11.1 Å². The molecule has 0 saturated carbocycles. The first-order chi connectivity index (χ1) is 8.60. The van der Waals surface area contributed by atoms with Gasteiger partial charge in [-0.05, 0) is 38.8 Å². The van der Waals surface area contributed by atoms with Crippen LogP contribution in [0.15, 0.2) is 16.5 Å². The van der Waals surface area contributed by atoms with Gasteiger partial charge in [0.1, 0.15) is 17.6 Å². The summed E-state index contributed by atoms with van der Waals surface area (Å²) in [6.07, 6.45) is 1.22. The molecular weight excluding hydrogens is 232 g/mol. The van der Waals surface area contributed by atoms with Crippen molar-refractivity contribution in [2.45, 2.75) is 44.9 Å². The fraction of sp³-hybridized carbons (Fsp3) is 0.615. The number of hydrogen-bond acceptors (Lipinski definition) is 4. The van der Waals surface area contributed by atoms with E-state index < -0.39 is 0 Å². The Labute approximate surface area is 107 Å². The third kappa shape index (κ3) is 2.91. The van der Waals surface area contributed by atoms with Gasteiger partial charge in [-0.15, -0.1) is 0 Å². The van der Waals surface area contributed by atoms with E-state index in [1.807, 2.05) is 26.0 Å². The standard InChI is InChI=1S/C13H20N2O3/c1-8-3-5-11(17-8)9(2)15-13(16)12-6-4-10(7-14)18-12/h3,5,9-10,12H,4,6-7,14H2,1-2H3,(H,15,16). The smallest absolute Gasteiger partial charge is 0.249 e. The molecule has 5 nitrogen and oxygen atoms in total. The summed E-state index contributed by atoms with van der Waals surface area (Å²) in [5, 5.41) is 2.90. The Morgan fingerprint density at radius 2 is 2.33 bits per heavy atom. The lowest BCUT2D eigenvalue weighted by Gasteiger charge is -2.16. The summed E-state index contributed by atoms with van der Waals surface area (Å²) in [4.78, 5) is 12.0. The van der Waals surface area contributed by atoms with Gasteiger partial charge in [-0.2, -0.15) is 0 Å². The predicted octanol–water partition coefficient (Wildman–Crippen LogP) is 1.27. The molecule has 3 unspecified atom stereocenters. The summed E-state index contributed by atoms with van der Waals surface area (Å²) in [7, 11) is 0. The second-order valence-corrected chi connectivity index (χ2v) is 4.74. The molecule has 0 spiro atoms. The van der Waals surface area contributed by atoms with Crippen LogP contribution in [-0.2, 0) is 9.53 Å². The Morgan fingerprint density at radius 1 is 1.56 bits per heavy atom. The van der Waals surface area contributed by atoms with Crippen LogP contribution in [-0.4, -0.2) is 24.7 Å². The molecule has 1 saturated heterocycles. The van der Waals surface area contributed by atoms with Crippen molar-refractivity contribution in [3.8, 4) is 0 Å². The third-order valence-electron chi connectivity index (χ3n) is 3.21. The minimum absolute atomic E-state index is 0.0157. The lowest BCUT2D eigenvalue weighted by molar-refractivity contribution is -0.132. The largest absolute Gasteiger partial charge is 0.464 e. The molecule has 1 fully saturated rings. The average molecular weight is 252 g/mol. The Balaban J connectivity index is 1.88. The summed E-state index contributed by atoms with van der Waals surface area (Å²) < 4.78 is 11.0. The Kier molecular flexibility index (Phi) is 4.04. The maximum Gasteiger partial charge on any atom is 0.249 e. The second-order valence-electron chi connectivity index (χ2n) is 4.74.